The molecule has 0 saturated carbocycles. The van der Waals surface area contributed by atoms with Gasteiger partial charge in [0.15, 0.2) is 11.5 Å². The van der Waals surface area contributed by atoms with E-state index in [1.165, 1.54) is 0 Å². The van der Waals surface area contributed by atoms with Crippen molar-refractivity contribution in [3.63, 3.8) is 0 Å². The standard InChI is InChI=1S/C24H23N7O2/c1-4-24(2,3)19-13-16(9-11-27-19)18-14-28-21(26)20(29-18)23-31-30-22(33-23)15-5-7-17(8-6-15)32-12-10-25/h1,5-9,11,13-14H,10,12,25H2,2-3H3,(H2,26,28). The first-order valence-electron chi connectivity index (χ1n) is 10.3. The van der Waals surface area contributed by atoms with Crippen LogP contribution in [0.5, 0.6) is 5.75 Å². The highest BCUT2D eigenvalue weighted by Crippen LogP contribution is 2.30. The van der Waals surface area contributed by atoms with Crippen LogP contribution < -0.4 is 16.2 Å². The molecular formula is C24H23N7O2. The zero-order chi connectivity index (χ0) is 23.4. The normalized spacial score (nSPS) is 11.2. The Hall–Kier alpha value is -4.29. The van der Waals surface area contributed by atoms with Crippen LogP contribution in [0.3, 0.4) is 0 Å². The van der Waals surface area contributed by atoms with Crippen molar-refractivity contribution in [2.24, 2.45) is 5.73 Å². The van der Waals surface area contributed by atoms with Crippen LogP contribution in [0.15, 0.2) is 53.2 Å². The number of ether oxygens (including phenoxy) is 1. The van der Waals surface area contributed by atoms with Gasteiger partial charge in [0, 0.05) is 23.9 Å². The number of anilines is 1. The van der Waals surface area contributed by atoms with Crippen molar-refractivity contribution >= 4 is 5.82 Å². The Bertz CT molecular complexity index is 1310. The van der Waals surface area contributed by atoms with Crippen molar-refractivity contribution in [3.8, 4) is 52.4 Å². The first kappa shape index (κ1) is 21.9. The molecule has 1 aromatic carbocycles. The summed E-state index contributed by atoms with van der Waals surface area (Å²) in [4.78, 5) is 13.3. The maximum atomic E-state index is 6.07. The molecular weight excluding hydrogens is 418 g/mol. The molecule has 166 valence electrons. The van der Waals surface area contributed by atoms with Gasteiger partial charge in [0.1, 0.15) is 12.4 Å². The topological polar surface area (TPSA) is 139 Å². The lowest BCUT2D eigenvalue weighted by molar-refractivity contribution is 0.328. The number of nitrogens with two attached hydrogens (primary N) is 2. The molecule has 0 aliphatic carbocycles. The second-order valence-electron chi connectivity index (χ2n) is 7.76. The second kappa shape index (κ2) is 9.06. The van der Waals surface area contributed by atoms with Gasteiger partial charge < -0.3 is 20.6 Å². The van der Waals surface area contributed by atoms with E-state index in [-0.39, 0.29) is 11.7 Å². The first-order valence-corrected chi connectivity index (χ1v) is 10.3. The van der Waals surface area contributed by atoms with Crippen LogP contribution in [0.4, 0.5) is 5.82 Å². The predicted octanol–water partition coefficient (Wildman–Crippen LogP) is 3.09. The van der Waals surface area contributed by atoms with Crippen molar-refractivity contribution < 1.29 is 9.15 Å². The Kier molecular flexibility index (Phi) is 6.02. The summed E-state index contributed by atoms with van der Waals surface area (Å²) in [7, 11) is 0. The van der Waals surface area contributed by atoms with Crippen molar-refractivity contribution in [3.05, 3.63) is 54.5 Å². The van der Waals surface area contributed by atoms with E-state index < -0.39 is 5.41 Å². The Labute approximate surface area is 191 Å². The summed E-state index contributed by atoms with van der Waals surface area (Å²) in [5.74, 6) is 4.12. The van der Waals surface area contributed by atoms with E-state index in [2.05, 4.69) is 31.1 Å². The fraction of sp³-hybridized carbons (Fsp3) is 0.208. The highest BCUT2D eigenvalue weighted by atomic mass is 16.5. The van der Waals surface area contributed by atoms with E-state index in [0.717, 1.165) is 16.8 Å². The molecule has 0 fully saturated rings. The number of terminal acetylenes is 1. The third kappa shape index (κ3) is 4.66. The molecule has 0 atom stereocenters. The largest absolute Gasteiger partial charge is 0.492 e. The number of benzene rings is 1. The van der Waals surface area contributed by atoms with Crippen molar-refractivity contribution in [2.75, 3.05) is 18.9 Å². The lowest BCUT2D eigenvalue weighted by Gasteiger charge is -2.17. The molecule has 0 aliphatic heterocycles. The second-order valence-corrected chi connectivity index (χ2v) is 7.76. The lowest BCUT2D eigenvalue weighted by Crippen LogP contribution is -2.15. The summed E-state index contributed by atoms with van der Waals surface area (Å²) in [6, 6.07) is 11.0. The van der Waals surface area contributed by atoms with E-state index in [1.807, 2.05) is 50.2 Å². The number of nitrogen functional groups attached to an aromatic ring is 1. The molecule has 0 radical (unpaired) electrons. The van der Waals surface area contributed by atoms with Crippen LogP contribution in [-0.2, 0) is 5.41 Å². The minimum Gasteiger partial charge on any atom is -0.492 e. The van der Waals surface area contributed by atoms with Crippen molar-refractivity contribution in [1.29, 1.82) is 0 Å². The molecule has 0 bridgehead atoms. The van der Waals surface area contributed by atoms with Gasteiger partial charge in [0.25, 0.3) is 5.89 Å². The monoisotopic (exact) mass is 441 g/mol. The number of nitrogens with zero attached hydrogens (tertiary/aromatic N) is 5. The van der Waals surface area contributed by atoms with Crippen LogP contribution in [0.25, 0.3) is 34.3 Å². The molecule has 4 N–H and O–H groups in total. The summed E-state index contributed by atoms with van der Waals surface area (Å²) < 4.78 is 11.3. The fourth-order valence-electron chi connectivity index (χ4n) is 3.01. The minimum atomic E-state index is -0.521. The average Bonchev–Trinajstić information content (AvgIpc) is 3.33. The molecule has 4 rings (SSSR count). The number of hydrogen-bond acceptors (Lipinski definition) is 9. The summed E-state index contributed by atoms with van der Waals surface area (Å²) in [6.45, 7) is 4.74. The Morgan fingerprint density at radius 2 is 1.82 bits per heavy atom. The van der Waals surface area contributed by atoms with Gasteiger partial charge in [0.05, 0.1) is 23.0 Å². The fourth-order valence-corrected chi connectivity index (χ4v) is 3.01. The molecule has 3 aromatic heterocycles. The SMILES string of the molecule is C#CC(C)(C)c1cc(-c2cnc(N)c(-c3nnc(-c4ccc(OCCN)cc4)o3)n2)ccn1. The smallest absolute Gasteiger partial charge is 0.270 e. The summed E-state index contributed by atoms with van der Waals surface area (Å²) in [5.41, 5.74) is 14.2. The van der Waals surface area contributed by atoms with E-state index in [0.29, 0.717) is 36.2 Å². The highest BCUT2D eigenvalue weighted by Gasteiger charge is 2.21. The quantitative estimate of drug-likeness (QED) is 0.414. The predicted molar refractivity (Wildman–Crippen MR) is 125 cm³/mol. The molecule has 3 heterocycles. The molecule has 0 unspecified atom stereocenters. The first-order chi connectivity index (χ1) is 15.9. The third-order valence-corrected chi connectivity index (χ3v) is 4.97. The van der Waals surface area contributed by atoms with Crippen LogP contribution in [0, 0.1) is 12.3 Å². The Morgan fingerprint density at radius 3 is 2.55 bits per heavy atom. The van der Waals surface area contributed by atoms with E-state index in [1.54, 1.807) is 12.4 Å². The Balaban J connectivity index is 1.64. The van der Waals surface area contributed by atoms with Gasteiger partial charge in [-0.1, -0.05) is 5.92 Å². The van der Waals surface area contributed by atoms with Crippen LogP contribution in [0.2, 0.25) is 0 Å². The number of hydrogen-bond donors (Lipinski definition) is 2. The van der Waals surface area contributed by atoms with Crippen molar-refractivity contribution in [2.45, 2.75) is 19.3 Å². The molecule has 9 heteroatoms. The molecule has 0 amide bonds. The molecule has 0 saturated heterocycles. The Morgan fingerprint density at radius 1 is 1.06 bits per heavy atom. The molecule has 33 heavy (non-hydrogen) atoms. The third-order valence-electron chi connectivity index (χ3n) is 4.97. The highest BCUT2D eigenvalue weighted by molar-refractivity contribution is 5.69. The summed E-state index contributed by atoms with van der Waals surface area (Å²) in [5, 5.41) is 8.24. The zero-order valence-corrected chi connectivity index (χ0v) is 18.3. The van der Waals surface area contributed by atoms with Gasteiger partial charge in [0.2, 0.25) is 5.89 Å². The zero-order valence-electron chi connectivity index (χ0n) is 18.3. The van der Waals surface area contributed by atoms with Gasteiger partial charge in [-0.05, 0) is 50.2 Å². The van der Waals surface area contributed by atoms with Gasteiger partial charge >= 0.3 is 0 Å². The number of pyridine rings is 1. The summed E-state index contributed by atoms with van der Waals surface area (Å²) in [6.07, 6.45) is 8.92. The van der Waals surface area contributed by atoms with E-state index in [4.69, 9.17) is 27.0 Å². The summed E-state index contributed by atoms with van der Waals surface area (Å²) >= 11 is 0. The maximum absolute atomic E-state index is 6.07. The molecule has 0 aliphatic rings. The molecule has 0 spiro atoms. The van der Waals surface area contributed by atoms with Gasteiger partial charge in [-0.2, -0.15) is 0 Å². The van der Waals surface area contributed by atoms with Gasteiger partial charge in [-0.25, -0.2) is 9.97 Å². The number of aromatic nitrogens is 5. The van der Waals surface area contributed by atoms with Gasteiger partial charge in [-0.3, -0.25) is 4.98 Å². The van der Waals surface area contributed by atoms with Gasteiger partial charge in [-0.15, -0.1) is 16.6 Å². The minimum absolute atomic E-state index is 0.165. The lowest BCUT2D eigenvalue weighted by atomic mass is 9.89. The van der Waals surface area contributed by atoms with Crippen LogP contribution in [-0.4, -0.2) is 38.3 Å². The van der Waals surface area contributed by atoms with Crippen molar-refractivity contribution in [1.82, 2.24) is 25.1 Å². The molecule has 4 aromatic rings. The average molecular weight is 441 g/mol. The molecule has 9 nitrogen and oxygen atoms in total. The van der Waals surface area contributed by atoms with Crippen LogP contribution in [0.1, 0.15) is 19.5 Å². The maximum Gasteiger partial charge on any atom is 0.270 e. The van der Waals surface area contributed by atoms with E-state index >= 15 is 0 Å². The van der Waals surface area contributed by atoms with E-state index in [9.17, 15) is 0 Å². The van der Waals surface area contributed by atoms with Crippen LogP contribution >= 0.6 is 0 Å². The number of rotatable bonds is 7.